The highest BCUT2D eigenvalue weighted by Gasteiger charge is 2.44. The molecule has 0 bridgehead atoms. The van der Waals surface area contributed by atoms with Gasteiger partial charge in [-0.2, -0.15) is 5.10 Å². The van der Waals surface area contributed by atoms with Gasteiger partial charge in [-0.1, -0.05) is 0 Å². The van der Waals surface area contributed by atoms with E-state index < -0.39 is 5.60 Å². The third-order valence-corrected chi connectivity index (χ3v) is 5.08. The predicted octanol–water partition coefficient (Wildman–Crippen LogP) is 1.97. The van der Waals surface area contributed by atoms with Crippen LogP contribution in [-0.2, 0) is 11.3 Å². The van der Waals surface area contributed by atoms with E-state index in [1.54, 1.807) is 33.8 Å². The summed E-state index contributed by atoms with van der Waals surface area (Å²) < 4.78 is 13.1. The number of ether oxygens (including phenoxy) is 1. The second kappa shape index (κ2) is 6.51. The zero-order valence-electron chi connectivity index (χ0n) is 14.8. The smallest absolute Gasteiger partial charge is 0.410 e. The minimum atomic E-state index is -0.463. The number of hydrogen-bond donors (Lipinski definition) is 0. The van der Waals surface area contributed by atoms with E-state index in [2.05, 4.69) is 5.10 Å². The number of rotatable bonds is 3. The Kier molecular flexibility index (Phi) is 4.18. The van der Waals surface area contributed by atoms with Crippen molar-refractivity contribution < 1.29 is 18.7 Å². The number of likely N-dealkylation sites (N-methyl/N-ethyl adjacent to an activating group) is 1. The summed E-state index contributed by atoms with van der Waals surface area (Å²) in [6, 6.07) is 5.36. The van der Waals surface area contributed by atoms with E-state index in [0.29, 0.717) is 44.1 Å². The van der Waals surface area contributed by atoms with Gasteiger partial charge in [-0.3, -0.25) is 9.48 Å². The van der Waals surface area contributed by atoms with Crippen LogP contribution in [0.15, 0.2) is 35.0 Å². The van der Waals surface area contributed by atoms with Gasteiger partial charge in [0.25, 0.3) is 5.91 Å². The number of nitrogens with zero attached hydrogens (tertiary/aromatic N) is 4. The van der Waals surface area contributed by atoms with Gasteiger partial charge < -0.3 is 19.0 Å². The summed E-state index contributed by atoms with van der Waals surface area (Å²) in [4.78, 5) is 27.9. The van der Waals surface area contributed by atoms with Gasteiger partial charge in [0.1, 0.15) is 11.4 Å². The van der Waals surface area contributed by atoms with Crippen LogP contribution >= 0.6 is 0 Å². The van der Waals surface area contributed by atoms with Crippen LogP contribution in [0, 0.1) is 0 Å². The van der Waals surface area contributed by atoms with Gasteiger partial charge in [0.2, 0.25) is 0 Å². The second-order valence-corrected chi connectivity index (χ2v) is 7.02. The molecule has 1 spiro atoms. The first-order valence-corrected chi connectivity index (χ1v) is 8.84. The van der Waals surface area contributed by atoms with Gasteiger partial charge in [-0.25, -0.2) is 4.79 Å². The average Bonchev–Trinajstić information content (AvgIpc) is 3.31. The van der Waals surface area contributed by atoms with Gasteiger partial charge in [0.15, 0.2) is 5.76 Å². The van der Waals surface area contributed by atoms with Crippen LogP contribution in [0.2, 0.25) is 0 Å². The van der Waals surface area contributed by atoms with E-state index in [0.717, 1.165) is 12.8 Å². The molecule has 26 heavy (non-hydrogen) atoms. The number of furan rings is 1. The summed E-state index contributed by atoms with van der Waals surface area (Å²) >= 11 is 0. The highest BCUT2D eigenvalue weighted by Crippen LogP contribution is 2.33. The zero-order valence-corrected chi connectivity index (χ0v) is 14.8. The number of aromatic nitrogens is 2. The molecule has 2 aromatic rings. The fourth-order valence-corrected chi connectivity index (χ4v) is 3.71. The molecular formula is C18H22N4O4. The highest BCUT2D eigenvalue weighted by atomic mass is 16.6. The van der Waals surface area contributed by atoms with Crippen LogP contribution < -0.4 is 0 Å². The van der Waals surface area contributed by atoms with Crippen molar-refractivity contribution in [3.63, 3.8) is 0 Å². The third-order valence-electron chi connectivity index (χ3n) is 5.08. The molecule has 8 heteroatoms. The summed E-state index contributed by atoms with van der Waals surface area (Å²) in [5.74, 6) is 0.907. The fraction of sp³-hybridized carbons (Fsp3) is 0.500. The zero-order chi connectivity index (χ0) is 18.1. The van der Waals surface area contributed by atoms with Crippen molar-refractivity contribution in [3.8, 4) is 0 Å². The number of carbonyl (C=O) groups is 2. The number of likely N-dealkylation sites (tertiary alicyclic amines) is 1. The van der Waals surface area contributed by atoms with Crippen LogP contribution in [0.25, 0.3) is 0 Å². The maximum absolute atomic E-state index is 12.8. The predicted molar refractivity (Wildman–Crippen MR) is 91.6 cm³/mol. The maximum atomic E-state index is 12.8. The standard InChI is InChI=1S/C18H22N4O4/c1-20-13-18(26-17(20)24)6-2-9-21(11-7-18)16(23)15-5-4-14(25-15)12-22-10-3-8-19-22/h3-5,8,10H,2,6-7,9,11-13H2,1H3/t18-/m0/s1. The van der Waals surface area contributed by atoms with Crippen LogP contribution in [0.5, 0.6) is 0 Å². The Morgan fingerprint density at radius 1 is 1.31 bits per heavy atom. The van der Waals surface area contributed by atoms with Crippen LogP contribution in [0.3, 0.4) is 0 Å². The molecule has 2 fully saturated rings. The van der Waals surface area contributed by atoms with Crippen LogP contribution in [0.4, 0.5) is 4.79 Å². The normalized spacial score (nSPS) is 23.3. The lowest BCUT2D eigenvalue weighted by Gasteiger charge is -2.25. The monoisotopic (exact) mass is 358 g/mol. The molecule has 138 valence electrons. The molecule has 4 rings (SSSR count). The fourth-order valence-electron chi connectivity index (χ4n) is 3.71. The van der Waals surface area contributed by atoms with Gasteiger partial charge in [-0.05, 0) is 31.0 Å². The molecule has 1 atom stereocenters. The Hall–Kier alpha value is -2.77. The lowest BCUT2D eigenvalue weighted by atomic mass is 9.95. The van der Waals surface area contributed by atoms with Crippen molar-refractivity contribution in [2.24, 2.45) is 0 Å². The minimum absolute atomic E-state index is 0.119. The SMILES string of the molecule is CN1C[C@@]2(CCCN(C(=O)c3ccc(Cn4cccn4)o3)CC2)OC1=O. The van der Waals surface area contributed by atoms with E-state index in [4.69, 9.17) is 9.15 Å². The largest absolute Gasteiger partial charge is 0.454 e. The molecule has 2 aliphatic rings. The average molecular weight is 358 g/mol. The minimum Gasteiger partial charge on any atom is -0.454 e. The molecule has 0 aliphatic carbocycles. The molecule has 0 N–H and O–H groups in total. The van der Waals surface area contributed by atoms with Crippen molar-refractivity contribution in [2.75, 3.05) is 26.7 Å². The molecule has 0 unspecified atom stereocenters. The highest BCUT2D eigenvalue weighted by molar-refractivity contribution is 5.91. The number of amides is 2. The molecule has 2 aromatic heterocycles. The summed E-state index contributed by atoms with van der Waals surface area (Å²) in [6.07, 6.45) is 5.49. The Morgan fingerprint density at radius 3 is 2.92 bits per heavy atom. The summed E-state index contributed by atoms with van der Waals surface area (Å²) in [5.41, 5.74) is -0.463. The van der Waals surface area contributed by atoms with Gasteiger partial charge >= 0.3 is 6.09 Å². The number of hydrogen-bond acceptors (Lipinski definition) is 5. The van der Waals surface area contributed by atoms with E-state index in [-0.39, 0.29) is 12.0 Å². The topological polar surface area (TPSA) is 80.8 Å². The lowest BCUT2D eigenvalue weighted by molar-refractivity contribution is 0.0435. The summed E-state index contributed by atoms with van der Waals surface area (Å²) in [5, 5.41) is 4.14. The first kappa shape index (κ1) is 16.7. The lowest BCUT2D eigenvalue weighted by Crippen LogP contribution is -2.36. The Labute approximate surface area is 151 Å². The summed E-state index contributed by atoms with van der Waals surface area (Å²) in [6.45, 7) is 2.26. The van der Waals surface area contributed by atoms with Crippen molar-refractivity contribution in [1.82, 2.24) is 19.6 Å². The van der Waals surface area contributed by atoms with E-state index in [1.165, 1.54) is 0 Å². The Morgan fingerprint density at radius 2 is 2.19 bits per heavy atom. The van der Waals surface area contributed by atoms with Gasteiger partial charge in [0, 0.05) is 39.0 Å². The maximum Gasteiger partial charge on any atom is 0.410 e. The molecular weight excluding hydrogens is 336 g/mol. The van der Waals surface area contributed by atoms with Crippen molar-refractivity contribution in [3.05, 3.63) is 42.1 Å². The quantitative estimate of drug-likeness (QED) is 0.838. The molecule has 0 radical (unpaired) electrons. The molecule has 2 amide bonds. The van der Waals surface area contributed by atoms with E-state index in [1.807, 2.05) is 18.3 Å². The van der Waals surface area contributed by atoms with E-state index in [9.17, 15) is 9.59 Å². The van der Waals surface area contributed by atoms with Crippen molar-refractivity contribution >= 4 is 12.0 Å². The first-order valence-electron chi connectivity index (χ1n) is 8.84. The molecule has 2 aliphatic heterocycles. The second-order valence-electron chi connectivity index (χ2n) is 7.02. The molecule has 2 saturated heterocycles. The third kappa shape index (κ3) is 3.18. The summed E-state index contributed by atoms with van der Waals surface area (Å²) in [7, 11) is 1.74. The van der Waals surface area contributed by atoms with Gasteiger partial charge in [-0.15, -0.1) is 0 Å². The van der Waals surface area contributed by atoms with Gasteiger partial charge in [0.05, 0.1) is 13.1 Å². The molecule has 8 nitrogen and oxygen atoms in total. The Bertz CT molecular complexity index is 800. The van der Waals surface area contributed by atoms with Crippen LogP contribution in [-0.4, -0.2) is 63.9 Å². The number of carbonyl (C=O) groups excluding carboxylic acids is 2. The molecule has 0 aromatic carbocycles. The van der Waals surface area contributed by atoms with Crippen LogP contribution in [0.1, 0.15) is 35.6 Å². The first-order chi connectivity index (χ1) is 12.5. The van der Waals surface area contributed by atoms with E-state index >= 15 is 0 Å². The Balaban J connectivity index is 1.41. The molecule has 0 saturated carbocycles. The van der Waals surface area contributed by atoms with Crippen molar-refractivity contribution in [1.29, 1.82) is 0 Å². The van der Waals surface area contributed by atoms with Crippen molar-refractivity contribution in [2.45, 2.75) is 31.4 Å². The molecule has 4 heterocycles.